The molecule has 2 aromatic heterocycles. The molecule has 0 saturated heterocycles. The Morgan fingerprint density at radius 3 is 2.58 bits per heavy atom. The number of rotatable bonds is 5. The van der Waals surface area contributed by atoms with Crippen LogP contribution in [0.15, 0.2) is 18.7 Å². The molecule has 0 aromatic carbocycles. The van der Waals surface area contributed by atoms with Crippen LogP contribution in [0.3, 0.4) is 0 Å². The van der Waals surface area contributed by atoms with Crippen molar-refractivity contribution >= 4 is 0 Å². The molecule has 2 aromatic rings. The van der Waals surface area contributed by atoms with Gasteiger partial charge >= 0.3 is 0 Å². The maximum Gasteiger partial charge on any atom is 0.162 e. The quantitative estimate of drug-likeness (QED) is 0.888. The molecule has 104 valence electrons. The van der Waals surface area contributed by atoms with E-state index in [9.17, 15) is 0 Å². The van der Waals surface area contributed by atoms with Gasteiger partial charge in [-0.25, -0.2) is 4.98 Å². The molecule has 0 fully saturated rings. The molecule has 0 aliphatic carbocycles. The van der Waals surface area contributed by atoms with Crippen LogP contribution in [0, 0.1) is 0 Å². The summed E-state index contributed by atoms with van der Waals surface area (Å²) >= 11 is 0. The van der Waals surface area contributed by atoms with Gasteiger partial charge in [0, 0.05) is 19.3 Å². The zero-order valence-electron chi connectivity index (χ0n) is 12.1. The molecule has 2 rings (SSSR count). The molecule has 1 atom stereocenters. The van der Waals surface area contributed by atoms with Crippen molar-refractivity contribution in [3.05, 3.63) is 30.1 Å². The first-order chi connectivity index (χ1) is 9.08. The summed E-state index contributed by atoms with van der Waals surface area (Å²) in [7, 11) is 5.53. The molecular weight excluding hydrogens is 242 g/mol. The molecule has 6 heteroatoms. The fourth-order valence-corrected chi connectivity index (χ4v) is 2.21. The summed E-state index contributed by atoms with van der Waals surface area (Å²) in [6.45, 7) is 4.20. The van der Waals surface area contributed by atoms with Gasteiger partial charge < -0.3 is 14.6 Å². The Bertz CT molecular complexity index is 543. The lowest BCUT2D eigenvalue weighted by Crippen LogP contribution is -2.23. The highest BCUT2D eigenvalue weighted by molar-refractivity contribution is 5.33. The standard InChI is InChI=1S/C13H21N5O/c1-9(2)18-13(11(19-5)6-16-18)12(14-3)10-7-17(4)8-15-10/h6-9,12,14H,1-5H3. The number of nitrogens with one attached hydrogen (secondary N) is 1. The lowest BCUT2D eigenvalue weighted by atomic mass is 10.1. The zero-order valence-corrected chi connectivity index (χ0v) is 12.1. The summed E-state index contributed by atoms with van der Waals surface area (Å²) in [4.78, 5) is 4.42. The monoisotopic (exact) mass is 263 g/mol. The second-order valence-electron chi connectivity index (χ2n) is 4.82. The first kappa shape index (κ1) is 13.6. The third-order valence-electron chi connectivity index (χ3n) is 3.09. The first-order valence-corrected chi connectivity index (χ1v) is 6.35. The number of hydrogen-bond donors (Lipinski definition) is 1. The average Bonchev–Trinajstić information content (AvgIpc) is 2.97. The molecule has 0 aliphatic rings. The Morgan fingerprint density at radius 1 is 1.37 bits per heavy atom. The van der Waals surface area contributed by atoms with Crippen LogP contribution in [-0.2, 0) is 7.05 Å². The highest BCUT2D eigenvalue weighted by Crippen LogP contribution is 2.30. The maximum absolute atomic E-state index is 5.43. The van der Waals surface area contributed by atoms with Crippen molar-refractivity contribution in [1.29, 1.82) is 0 Å². The van der Waals surface area contributed by atoms with E-state index < -0.39 is 0 Å². The second kappa shape index (κ2) is 5.44. The van der Waals surface area contributed by atoms with Crippen molar-refractivity contribution in [3.8, 4) is 5.75 Å². The molecule has 0 spiro atoms. The van der Waals surface area contributed by atoms with E-state index in [0.29, 0.717) is 0 Å². The van der Waals surface area contributed by atoms with Gasteiger partial charge in [0.15, 0.2) is 5.75 Å². The van der Waals surface area contributed by atoms with E-state index in [1.54, 1.807) is 19.6 Å². The average molecular weight is 263 g/mol. The summed E-state index contributed by atoms with van der Waals surface area (Å²) < 4.78 is 9.33. The number of hydrogen-bond acceptors (Lipinski definition) is 4. The Morgan fingerprint density at radius 2 is 2.11 bits per heavy atom. The van der Waals surface area contributed by atoms with Crippen LogP contribution >= 0.6 is 0 Å². The summed E-state index contributed by atoms with van der Waals surface area (Å²) in [6, 6.07) is 0.222. The van der Waals surface area contributed by atoms with Gasteiger partial charge in [-0.2, -0.15) is 5.10 Å². The number of aromatic nitrogens is 4. The first-order valence-electron chi connectivity index (χ1n) is 6.35. The summed E-state index contributed by atoms with van der Waals surface area (Å²) in [5.41, 5.74) is 1.95. The van der Waals surface area contributed by atoms with Gasteiger partial charge in [-0.15, -0.1) is 0 Å². The Balaban J connectivity index is 2.50. The molecule has 19 heavy (non-hydrogen) atoms. The zero-order chi connectivity index (χ0) is 14.0. The molecule has 2 heterocycles. The molecule has 0 radical (unpaired) electrons. The third-order valence-corrected chi connectivity index (χ3v) is 3.09. The van der Waals surface area contributed by atoms with E-state index in [4.69, 9.17) is 4.74 Å². The Labute approximate surface area is 113 Å². The summed E-state index contributed by atoms with van der Waals surface area (Å²) in [5.74, 6) is 0.777. The number of ether oxygens (including phenoxy) is 1. The topological polar surface area (TPSA) is 56.9 Å². The molecule has 0 saturated carbocycles. The van der Waals surface area contributed by atoms with Crippen LogP contribution in [-0.4, -0.2) is 33.5 Å². The van der Waals surface area contributed by atoms with Crippen LogP contribution in [0.25, 0.3) is 0 Å². The maximum atomic E-state index is 5.43. The smallest absolute Gasteiger partial charge is 0.162 e. The second-order valence-corrected chi connectivity index (χ2v) is 4.82. The van der Waals surface area contributed by atoms with Gasteiger partial charge in [0.05, 0.1) is 31.4 Å². The van der Waals surface area contributed by atoms with Crippen LogP contribution in [0.4, 0.5) is 0 Å². The van der Waals surface area contributed by atoms with E-state index in [1.165, 1.54) is 0 Å². The lowest BCUT2D eigenvalue weighted by molar-refractivity contribution is 0.395. The molecule has 1 N–H and O–H groups in total. The number of methoxy groups -OCH3 is 1. The minimum atomic E-state index is -0.0407. The van der Waals surface area contributed by atoms with Gasteiger partial charge in [-0.1, -0.05) is 0 Å². The molecule has 1 unspecified atom stereocenters. The fourth-order valence-electron chi connectivity index (χ4n) is 2.21. The highest BCUT2D eigenvalue weighted by atomic mass is 16.5. The predicted molar refractivity (Wildman–Crippen MR) is 73.3 cm³/mol. The van der Waals surface area contributed by atoms with Crippen LogP contribution in [0.1, 0.15) is 37.3 Å². The number of aryl methyl sites for hydroxylation is 1. The minimum absolute atomic E-state index is 0.0407. The molecule has 0 bridgehead atoms. The molecular formula is C13H21N5O. The van der Waals surface area contributed by atoms with Crippen molar-refractivity contribution in [2.45, 2.75) is 25.9 Å². The van der Waals surface area contributed by atoms with Gasteiger partial charge in [0.1, 0.15) is 5.69 Å². The predicted octanol–water partition coefficient (Wildman–Crippen LogP) is 1.51. The summed E-state index contributed by atoms with van der Waals surface area (Å²) in [5, 5.41) is 7.69. The van der Waals surface area contributed by atoms with Gasteiger partial charge in [0.2, 0.25) is 0 Å². The van der Waals surface area contributed by atoms with E-state index >= 15 is 0 Å². The normalized spacial score (nSPS) is 12.9. The lowest BCUT2D eigenvalue weighted by Gasteiger charge is -2.19. The highest BCUT2D eigenvalue weighted by Gasteiger charge is 2.25. The van der Waals surface area contributed by atoms with Crippen molar-refractivity contribution in [3.63, 3.8) is 0 Å². The van der Waals surface area contributed by atoms with Crippen LogP contribution < -0.4 is 10.1 Å². The van der Waals surface area contributed by atoms with E-state index in [2.05, 4.69) is 29.2 Å². The van der Waals surface area contributed by atoms with Crippen LogP contribution in [0.5, 0.6) is 5.75 Å². The van der Waals surface area contributed by atoms with Crippen molar-refractivity contribution in [2.24, 2.45) is 7.05 Å². The Kier molecular flexibility index (Phi) is 3.90. The van der Waals surface area contributed by atoms with Crippen molar-refractivity contribution < 1.29 is 4.74 Å². The molecule has 0 amide bonds. The number of imidazole rings is 1. The van der Waals surface area contributed by atoms with Crippen molar-refractivity contribution in [2.75, 3.05) is 14.2 Å². The van der Waals surface area contributed by atoms with Crippen molar-refractivity contribution in [1.82, 2.24) is 24.6 Å². The van der Waals surface area contributed by atoms with Crippen LogP contribution in [0.2, 0.25) is 0 Å². The van der Waals surface area contributed by atoms with Gasteiger partial charge in [-0.3, -0.25) is 4.68 Å². The van der Waals surface area contributed by atoms with E-state index in [-0.39, 0.29) is 12.1 Å². The third kappa shape index (κ3) is 2.49. The van der Waals surface area contributed by atoms with E-state index in [0.717, 1.165) is 17.1 Å². The van der Waals surface area contributed by atoms with Gasteiger partial charge in [-0.05, 0) is 20.9 Å². The fraction of sp³-hybridized carbons (Fsp3) is 0.538. The largest absolute Gasteiger partial charge is 0.493 e. The number of nitrogens with zero attached hydrogens (tertiary/aromatic N) is 4. The minimum Gasteiger partial charge on any atom is -0.493 e. The SMILES string of the molecule is CNC(c1cn(C)cn1)c1c(OC)cnn1C(C)C. The van der Waals surface area contributed by atoms with Gasteiger partial charge in [0.25, 0.3) is 0 Å². The Hall–Kier alpha value is -1.82. The molecule has 0 aliphatic heterocycles. The summed E-state index contributed by atoms with van der Waals surface area (Å²) in [6.07, 6.45) is 5.54. The van der Waals surface area contributed by atoms with E-state index in [1.807, 2.05) is 29.5 Å². The molecule has 6 nitrogen and oxygen atoms in total.